The number of nitrogens with zero attached hydrogens (tertiary/aromatic N) is 1. The van der Waals surface area contributed by atoms with E-state index in [1.165, 1.54) is 5.01 Å². The first-order valence-corrected chi connectivity index (χ1v) is 10.4. The van der Waals surface area contributed by atoms with Gasteiger partial charge in [-0.2, -0.15) is 0 Å². The lowest BCUT2D eigenvalue weighted by molar-refractivity contribution is -0.117. The van der Waals surface area contributed by atoms with Gasteiger partial charge in [-0.3, -0.25) is 15.0 Å². The highest BCUT2D eigenvalue weighted by Crippen LogP contribution is 2.26. The van der Waals surface area contributed by atoms with Gasteiger partial charge in [-0.25, -0.2) is 5.01 Å². The second kappa shape index (κ2) is 9.58. The Morgan fingerprint density at radius 3 is 2.44 bits per heavy atom. The summed E-state index contributed by atoms with van der Waals surface area (Å²) in [5.74, 6) is 0.377. The van der Waals surface area contributed by atoms with Gasteiger partial charge >= 0.3 is 0 Å². The molecule has 32 heavy (non-hydrogen) atoms. The van der Waals surface area contributed by atoms with Crippen LogP contribution in [0.5, 0.6) is 11.5 Å². The molecule has 3 aromatic carbocycles. The molecule has 0 atom stereocenters. The van der Waals surface area contributed by atoms with Crippen molar-refractivity contribution in [3.8, 4) is 11.5 Å². The lowest BCUT2D eigenvalue weighted by atomic mass is 10.1. The van der Waals surface area contributed by atoms with Crippen LogP contribution < -0.4 is 19.9 Å². The lowest BCUT2D eigenvalue weighted by Gasteiger charge is -2.14. The molecule has 0 unspecified atom stereocenters. The van der Waals surface area contributed by atoms with Crippen molar-refractivity contribution in [2.45, 2.75) is 6.92 Å². The summed E-state index contributed by atoms with van der Waals surface area (Å²) in [5.41, 5.74) is 4.79. The van der Waals surface area contributed by atoms with Crippen LogP contribution in [-0.2, 0) is 9.59 Å². The molecule has 0 radical (unpaired) electrons. The number of rotatable bonds is 7. The van der Waals surface area contributed by atoms with Crippen molar-refractivity contribution < 1.29 is 19.1 Å². The van der Waals surface area contributed by atoms with Gasteiger partial charge in [-0.1, -0.05) is 48.0 Å². The van der Waals surface area contributed by atoms with E-state index in [9.17, 15) is 9.59 Å². The van der Waals surface area contributed by atoms with Gasteiger partial charge in [0.15, 0.2) is 0 Å². The van der Waals surface area contributed by atoms with Crippen molar-refractivity contribution in [2.75, 3.05) is 18.2 Å². The minimum absolute atomic E-state index is 0.0396. The summed E-state index contributed by atoms with van der Waals surface area (Å²) in [5, 5.41) is 1.92. The highest BCUT2D eigenvalue weighted by Gasteiger charge is 2.34. The molecule has 162 valence electrons. The smallest absolute Gasteiger partial charge is 0.282 e. The first kappa shape index (κ1) is 21.5. The molecule has 1 aliphatic heterocycles. The van der Waals surface area contributed by atoms with Crippen LogP contribution >= 0.6 is 11.6 Å². The van der Waals surface area contributed by atoms with Gasteiger partial charge in [-0.05, 0) is 55.0 Å². The summed E-state index contributed by atoms with van der Waals surface area (Å²) in [4.78, 5) is 25.2. The van der Waals surface area contributed by atoms with Crippen LogP contribution in [0.4, 0.5) is 5.69 Å². The first-order chi connectivity index (χ1) is 15.5. The molecule has 1 aliphatic rings. The van der Waals surface area contributed by atoms with Crippen molar-refractivity contribution in [1.29, 1.82) is 0 Å². The number of hydrogen-bond donors (Lipinski definition) is 1. The largest absolute Gasteiger partial charge is 0.490 e. The number of carbonyl (C=O) groups excluding carboxylic acids is 2. The summed E-state index contributed by atoms with van der Waals surface area (Å²) in [6.07, 6.45) is 1.54. The average molecular weight is 449 g/mol. The van der Waals surface area contributed by atoms with Gasteiger partial charge < -0.3 is 9.47 Å². The fraction of sp³-hybridized carbons (Fsp3) is 0.120. The van der Waals surface area contributed by atoms with Gasteiger partial charge in [0.25, 0.3) is 11.8 Å². The number of hydrogen-bond acceptors (Lipinski definition) is 4. The number of halogens is 1. The lowest BCUT2D eigenvalue weighted by Crippen LogP contribution is -2.35. The molecule has 4 rings (SSSR count). The Kier molecular flexibility index (Phi) is 6.42. The summed E-state index contributed by atoms with van der Waals surface area (Å²) in [6, 6.07) is 21.6. The molecule has 1 saturated heterocycles. The third-order valence-corrected chi connectivity index (χ3v) is 5.29. The van der Waals surface area contributed by atoms with E-state index in [0.717, 1.165) is 5.56 Å². The van der Waals surface area contributed by atoms with Crippen LogP contribution in [0.25, 0.3) is 6.08 Å². The Morgan fingerprint density at radius 2 is 1.66 bits per heavy atom. The quantitative estimate of drug-likeness (QED) is 0.326. The van der Waals surface area contributed by atoms with Crippen LogP contribution in [0.15, 0.2) is 78.4 Å². The van der Waals surface area contributed by atoms with Gasteiger partial charge in [-0.15, -0.1) is 0 Å². The summed E-state index contributed by atoms with van der Waals surface area (Å²) in [6.45, 7) is 2.53. The molecular weight excluding hydrogens is 428 g/mol. The molecule has 1 heterocycles. The molecule has 0 bridgehead atoms. The molecule has 1 fully saturated rings. The van der Waals surface area contributed by atoms with Gasteiger partial charge in [0.05, 0.1) is 5.69 Å². The number of aryl methyl sites for hydroxylation is 1. The predicted molar refractivity (Wildman–Crippen MR) is 124 cm³/mol. The molecule has 3 aromatic rings. The zero-order valence-corrected chi connectivity index (χ0v) is 18.1. The number of hydrazine groups is 1. The zero-order valence-electron chi connectivity index (χ0n) is 17.4. The SMILES string of the molecule is Cc1cc(OCCOc2ccccc2/C=C2\C(=O)NN(c3ccccc3)C2=O)ccc1Cl. The van der Waals surface area contributed by atoms with Crippen LogP contribution in [0.3, 0.4) is 0 Å². The summed E-state index contributed by atoms with van der Waals surface area (Å²) in [7, 11) is 0. The second-order valence-corrected chi connectivity index (χ2v) is 7.53. The molecule has 1 N–H and O–H groups in total. The van der Waals surface area contributed by atoms with Gasteiger partial charge in [0.1, 0.15) is 30.3 Å². The fourth-order valence-electron chi connectivity index (χ4n) is 3.22. The van der Waals surface area contributed by atoms with Crippen molar-refractivity contribution in [1.82, 2.24) is 5.43 Å². The maximum atomic E-state index is 12.8. The van der Waals surface area contributed by atoms with E-state index < -0.39 is 11.8 Å². The van der Waals surface area contributed by atoms with E-state index >= 15 is 0 Å². The van der Waals surface area contributed by atoms with E-state index in [4.69, 9.17) is 21.1 Å². The van der Waals surface area contributed by atoms with E-state index in [1.54, 1.807) is 54.6 Å². The fourth-order valence-corrected chi connectivity index (χ4v) is 3.34. The Balaban J connectivity index is 1.44. The van der Waals surface area contributed by atoms with Crippen LogP contribution in [0.2, 0.25) is 5.02 Å². The Hall–Kier alpha value is -3.77. The maximum Gasteiger partial charge on any atom is 0.282 e. The topological polar surface area (TPSA) is 67.9 Å². The van der Waals surface area contributed by atoms with Crippen LogP contribution in [-0.4, -0.2) is 25.0 Å². The third-order valence-electron chi connectivity index (χ3n) is 4.86. The number of para-hydroxylation sites is 2. The predicted octanol–water partition coefficient (Wildman–Crippen LogP) is 4.57. The highest BCUT2D eigenvalue weighted by molar-refractivity contribution is 6.32. The first-order valence-electron chi connectivity index (χ1n) is 10.1. The van der Waals surface area contributed by atoms with Crippen molar-refractivity contribution in [2.24, 2.45) is 0 Å². The number of carbonyl (C=O) groups is 2. The monoisotopic (exact) mass is 448 g/mol. The molecule has 0 saturated carbocycles. The van der Waals surface area contributed by atoms with Crippen LogP contribution in [0, 0.1) is 6.92 Å². The van der Waals surface area contributed by atoms with Crippen molar-refractivity contribution >= 4 is 35.2 Å². The van der Waals surface area contributed by atoms with E-state index in [1.807, 2.05) is 31.2 Å². The molecule has 0 aromatic heterocycles. The maximum absolute atomic E-state index is 12.8. The molecule has 0 spiro atoms. The molecular formula is C25H21ClN2O4. The number of benzene rings is 3. The van der Waals surface area contributed by atoms with Crippen LogP contribution in [0.1, 0.15) is 11.1 Å². The minimum Gasteiger partial charge on any atom is -0.490 e. The molecule has 7 heteroatoms. The Morgan fingerprint density at radius 1 is 0.938 bits per heavy atom. The molecule has 2 amide bonds. The van der Waals surface area contributed by atoms with Gasteiger partial charge in [0, 0.05) is 10.6 Å². The number of nitrogens with one attached hydrogen (secondary N) is 1. The van der Waals surface area contributed by atoms with E-state index in [2.05, 4.69) is 5.43 Å². The van der Waals surface area contributed by atoms with Crippen molar-refractivity contribution in [3.63, 3.8) is 0 Å². The Labute approximate surface area is 191 Å². The van der Waals surface area contributed by atoms with E-state index in [0.29, 0.717) is 34.4 Å². The second-order valence-electron chi connectivity index (χ2n) is 7.12. The minimum atomic E-state index is -0.463. The normalized spacial score (nSPS) is 14.6. The summed E-state index contributed by atoms with van der Waals surface area (Å²) < 4.78 is 11.6. The number of anilines is 1. The van der Waals surface area contributed by atoms with E-state index in [-0.39, 0.29) is 12.2 Å². The number of amides is 2. The number of ether oxygens (including phenoxy) is 2. The molecule has 6 nitrogen and oxygen atoms in total. The molecule has 0 aliphatic carbocycles. The summed E-state index contributed by atoms with van der Waals surface area (Å²) >= 11 is 6.03. The van der Waals surface area contributed by atoms with Crippen molar-refractivity contribution in [3.05, 3.63) is 94.5 Å². The third kappa shape index (κ3) is 4.76. The average Bonchev–Trinajstić information content (AvgIpc) is 3.09. The van der Waals surface area contributed by atoms with Gasteiger partial charge in [0.2, 0.25) is 0 Å². The highest BCUT2D eigenvalue weighted by atomic mass is 35.5. The standard InChI is InChI=1S/C25H21ClN2O4/c1-17-15-20(11-12-22(17)26)31-13-14-32-23-10-6-5-7-18(23)16-21-24(29)27-28(25(21)30)19-8-3-2-4-9-19/h2-12,15-16H,13-14H2,1H3,(H,27,29)/b21-16+. The zero-order chi connectivity index (χ0) is 22.5. The Bertz CT molecular complexity index is 1180.